The van der Waals surface area contributed by atoms with E-state index in [1.54, 1.807) is 0 Å². The summed E-state index contributed by atoms with van der Waals surface area (Å²) in [6, 6.07) is 13.8. The van der Waals surface area contributed by atoms with Gasteiger partial charge in [-0.3, -0.25) is 0 Å². The number of benzene rings is 2. The maximum atomic E-state index is 13.9. The Morgan fingerprint density at radius 3 is 2.61 bits per heavy atom. The fourth-order valence-corrected chi connectivity index (χ4v) is 4.78. The van der Waals surface area contributed by atoms with Crippen LogP contribution in [0.3, 0.4) is 0 Å². The molecule has 0 saturated carbocycles. The summed E-state index contributed by atoms with van der Waals surface area (Å²) in [5, 5.41) is 3.94. The molecule has 1 aromatic heterocycles. The van der Waals surface area contributed by atoms with E-state index < -0.39 is 11.6 Å². The molecule has 172 valence electrons. The van der Waals surface area contributed by atoms with Crippen molar-refractivity contribution in [3.05, 3.63) is 82.3 Å². The molecule has 8 heteroatoms. The Morgan fingerprint density at radius 1 is 1.06 bits per heavy atom. The van der Waals surface area contributed by atoms with Crippen LogP contribution in [0.4, 0.5) is 14.6 Å². The molecule has 0 aliphatic carbocycles. The number of hydrogen-bond acceptors (Lipinski definition) is 5. The lowest BCUT2D eigenvalue weighted by molar-refractivity contribution is 0.163. The number of anilines is 1. The SMILES string of the molecule is Fc1ccc(OC2CCN(c3nc4c(nc3Cl)C(Cc3ccccc3)NCC4)CC2)c(F)c1. The zero-order valence-electron chi connectivity index (χ0n) is 18.1. The molecule has 1 N–H and O–H groups in total. The van der Waals surface area contributed by atoms with E-state index in [0.29, 0.717) is 36.9 Å². The van der Waals surface area contributed by atoms with E-state index in [-0.39, 0.29) is 17.9 Å². The van der Waals surface area contributed by atoms with Crippen LogP contribution in [0, 0.1) is 11.6 Å². The molecule has 0 spiro atoms. The van der Waals surface area contributed by atoms with Crippen LogP contribution < -0.4 is 15.0 Å². The molecular weight excluding hydrogens is 446 g/mol. The number of aromatic nitrogens is 2. The first-order chi connectivity index (χ1) is 16.1. The first-order valence-corrected chi connectivity index (χ1v) is 11.6. The number of hydrogen-bond donors (Lipinski definition) is 1. The predicted molar refractivity (Wildman–Crippen MR) is 124 cm³/mol. The number of nitrogens with zero attached hydrogens (tertiary/aromatic N) is 3. The summed E-state index contributed by atoms with van der Waals surface area (Å²) in [6.45, 7) is 2.19. The third-order valence-corrected chi connectivity index (χ3v) is 6.49. The van der Waals surface area contributed by atoms with Crippen LogP contribution in [0.2, 0.25) is 5.15 Å². The van der Waals surface area contributed by atoms with Gasteiger partial charge in [0.25, 0.3) is 0 Å². The zero-order valence-corrected chi connectivity index (χ0v) is 18.9. The molecule has 1 unspecified atom stereocenters. The Hall–Kier alpha value is -2.77. The van der Waals surface area contributed by atoms with Gasteiger partial charge in [-0.25, -0.2) is 18.7 Å². The molecule has 2 aliphatic rings. The van der Waals surface area contributed by atoms with Crippen LogP contribution in [0.5, 0.6) is 5.75 Å². The Morgan fingerprint density at radius 2 is 1.85 bits per heavy atom. The summed E-state index contributed by atoms with van der Waals surface area (Å²) >= 11 is 6.61. The highest BCUT2D eigenvalue weighted by molar-refractivity contribution is 6.31. The molecule has 0 bridgehead atoms. The van der Waals surface area contributed by atoms with Crippen molar-refractivity contribution in [3.63, 3.8) is 0 Å². The van der Waals surface area contributed by atoms with Crippen molar-refractivity contribution in [1.82, 2.24) is 15.3 Å². The zero-order chi connectivity index (χ0) is 22.8. The van der Waals surface area contributed by atoms with Crippen molar-refractivity contribution >= 4 is 17.4 Å². The molecular formula is C25H25ClF2N4O. The van der Waals surface area contributed by atoms with E-state index in [4.69, 9.17) is 26.3 Å². The highest BCUT2D eigenvalue weighted by Crippen LogP contribution is 2.32. The third-order valence-electron chi connectivity index (χ3n) is 6.23. The Kier molecular flexibility index (Phi) is 6.42. The largest absolute Gasteiger partial charge is 0.487 e. The number of fused-ring (bicyclic) bond motifs is 1. The quantitative estimate of drug-likeness (QED) is 0.575. The van der Waals surface area contributed by atoms with Crippen LogP contribution in [-0.4, -0.2) is 35.7 Å². The van der Waals surface area contributed by atoms with Crippen LogP contribution in [0.15, 0.2) is 48.5 Å². The second-order valence-corrected chi connectivity index (χ2v) is 8.85. The topological polar surface area (TPSA) is 50.3 Å². The fraction of sp³-hybridized carbons (Fsp3) is 0.360. The Labute approximate surface area is 196 Å². The van der Waals surface area contributed by atoms with E-state index >= 15 is 0 Å². The lowest BCUT2D eigenvalue weighted by Crippen LogP contribution is -2.40. The number of nitrogens with one attached hydrogen (secondary N) is 1. The highest BCUT2D eigenvalue weighted by atomic mass is 35.5. The first-order valence-electron chi connectivity index (χ1n) is 11.3. The Balaban J connectivity index is 1.27. The van der Waals surface area contributed by atoms with Gasteiger partial charge in [0.1, 0.15) is 11.9 Å². The van der Waals surface area contributed by atoms with Crippen LogP contribution in [-0.2, 0) is 12.8 Å². The van der Waals surface area contributed by atoms with Gasteiger partial charge in [-0.05, 0) is 24.1 Å². The van der Waals surface area contributed by atoms with E-state index in [1.807, 2.05) is 18.2 Å². The van der Waals surface area contributed by atoms with Gasteiger partial charge in [0.05, 0.1) is 17.4 Å². The van der Waals surface area contributed by atoms with Gasteiger partial charge in [0.2, 0.25) is 0 Å². The molecule has 1 saturated heterocycles. The van der Waals surface area contributed by atoms with Crippen LogP contribution in [0.1, 0.15) is 35.8 Å². The maximum Gasteiger partial charge on any atom is 0.171 e. The third kappa shape index (κ3) is 4.94. The summed E-state index contributed by atoms with van der Waals surface area (Å²) in [5.41, 5.74) is 3.15. The van der Waals surface area contributed by atoms with Crippen LogP contribution >= 0.6 is 11.6 Å². The Bertz CT molecular complexity index is 1120. The predicted octanol–water partition coefficient (Wildman–Crippen LogP) is 4.89. The van der Waals surface area contributed by atoms with Gasteiger partial charge < -0.3 is 15.0 Å². The van der Waals surface area contributed by atoms with Crippen LogP contribution in [0.25, 0.3) is 0 Å². The van der Waals surface area contributed by atoms with Crippen molar-refractivity contribution in [2.24, 2.45) is 0 Å². The summed E-state index contributed by atoms with van der Waals surface area (Å²) in [6.07, 6.45) is 2.86. The number of ether oxygens (including phenoxy) is 1. The van der Waals surface area contributed by atoms with Crippen molar-refractivity contribution in [3.8, 4) is 5.75 Å². The van der Waals surface area contributed by atoms with E-state index in [0.717, 1.165) is 36.8 Å². The summed E-state index contributed by atoms with van der Waals surface area (Å²) < 4.78 is 32.8. The summed E-state index contributed by atoms with van der Waals surface area (Å²) in [4.78, 5) is 11.8. The summed E-state index contributed by atoms with van der Waals surface area (Å²) in [7, 11) is 0. The van der Waals surface area contributed by atoms with Gasteiger partial charge in [-0.2, -0.15) is 0 Å². The standard InChI is InChI=1S/C25H25ClF2N4O/c26-24-25(32-12-9-18(10-13-32)33-22-7-6-17(27)15-19(22)28)30-20-8-11-29-21(23(20)31-24)14-16-4-2-1-3-5-16/h1-7,15,18,21,29H,8-14H2. The molecule has 0 radical (unpaired) electrons. The minimum Gasteiger partial charge on any atom is -0.487 e. The number of rotatable bonds is 5. The molecule has 2 aromatic carbocycles. The van der Waals surface area contributed by atoms with E-state index in [2.05, 4.69) is 22.3 Å². The second kappa shape index (κ2) is 9.61. The molecule has 3 heterocycles. The second-order valence-electron chi connectivity index (χ2n) is 8.50. The van der Waals surface area contributed by atoms with Crippen molar-refractivity contribution in [2.75, 3.05) is 24.5 Å². The molecule has 3 aromatic rings. The van der Waals surface area contributed by atoms with Gasteiger partial charge in [0, 0.05) is 45.0 Å². The minimum absolute atomic E-state index is 0.0819. The smallest absolute Gasteiger partial charge is 0.171 e. The van der Waals surface area contributed by atoms with Crippen molar-refractivity contribution in [1.29, 1.82) is 0 Å². The van der Waals surface area contributed by atoms with Crippen molar-refractivity contribution in [2.45, 2.75) is 37.8 Å². The average Bonchev–Trinajstić information content (AvgIpc) is 2.82. The lowest BCUT2D eigenvalue weighted by atomic mass is 9.97. The van der Waals surface area contributed by atoms with Gasteiger partial charge >= 0.3 is 0 Å². The van der Waals surface area contributed by atoms with Gasteiger partial charge in [-0.15, -0.1) is 0 Å². The highest BCUT2D eigenvalue weighted by Gasteiger charge is 2.28. The molecule has 0 amide bonds. The van der Waals surface area contributed by atoms with Gasteiger partial charge in [-0.1, -0.05) is 41.9 Å². The normalized spacial score (nSPS) is 18.8. The van der Waals surface area contributed by atoms with Gasteiger partial charge in [0.15, 0.2) is 22.5 Å². The fourth-order valence-electron chi connectivity index (χ4n) is 4.53. The molecule has 1 atom stereocenters. The lowest BCUT2D eigenvalue weighted by Gasteiger charge is -2.34. The molecule has 5 rings (SSSR count). The molecule has 5 nitrogen and oxygen atoms in total. The van der Waals surface area contributed by atoms with E-state index in [9.17, 15) is 8.78 Å². The summed E-state index contributed by atoms with van der Waals surface area (Å²) in [5.74, 6) is -0.517. The number of piperidine rings is 1. The monoisotopic (exact) mass is 470 g/mol. The minimum atomic E-state index is -0.681. The molecule has 2 aliphatic heterocycles. The first kappa shape index (κ1) is 22.0. The molecule has 33 heavy (non-hydrogen) atoms. The average molecular weight is 471 g/mol. The molecule has 1 fully saturated rings. The van der Waals surface area contributed by atoms with Crippen molar-refractivity contribution < 1.29 is 13.5 Å². The number of halogens is 3. The van der Waals surface area contributed by atoms with E-state index in [1.165, 1.54) is 17.7 Å². The maximum absolute atomic E-state index is 13.9.